The summed E-state index contributed by atoms with van der Waals surface area (Å²) in [6.07, 6.45) is 0.676. The molecule has 1 unspecified atom stereocenters. The van der Waals surface area contributed by atoms with Gasteiger partial charge in [0.1, 0.15) is 5.92 Å². The number of carbonyl (C=O) groups is 1. The van der Waals surface area contributed by atoms with Crippen LogP contribution in [-0.4, -0.2) is 12.5 Å². The standard InChI is InChI=1S/C5H6N2O/c6-3-4-1-2-7-5(4)8/h4H,1-2H2,(H,7,8). The molecule has 0 radical (unpaired) electrons. The first-order chi connectivity index (χ1) is 3.84. The average molecular weight is 110 g/mol. The third-order valence-electron chi connectivity index (χ3n) is 1.20. The summed E-state index contributed by atoms with van der Waals surface area (Å²) in [4.78, 5) is 10.5. The van der Waals surface area contributed by atoms with E-state index in [1.165, 1.54) is 0 Å². The van der Waals surface area contributed by atoms with Crippen molar-refractivity contribution in [1.82, 2.24) is 5.32 Å². The van der Waals surface area contributed by atoms with Gasteiger partial charge in [0, 0.05) is 6.54 Å². The molecule has 0 saturated carbocycles. The maximum Gasteiger partial charge on any atom is 0.237 e. The van der Waals surface area contributed by atoms with Gasteiger partial charge in [-0.25, -0.2) is 0 Å². The van der Waals surface area contributed by atoms with Crippen molar-refractivity contribution in [1.29, 1.82) is 5.26 Å². The molecule has 0 spiro atoms. The van der Waals surface area contributed by atoms with Gasteiger partial charge in [0.05, 0.1) is 6.07 Å². The molecule has 3 nitrogen and oxygen atoms in total. The van der Waals surface area contributed by atoms with Crippen molar-refractivity contribution in [3.63, 3.8) is 0 Å². The highest BCUT2D eigenvalue weighted by molar-refractivity contribution is 5.82. The zero-order valence-corrected chi connectivity index (χ0v) is 4.35. The van der Waals surface area contributed by atoms with E-state index in [-0.39, 0.29) is 11.8 Å². The van der Waals surface area contributed by atoms with Crippen LogP contribution in [0.4, 0.5) is 0 Å². The molecule has 0 aromatic rings. The van der Waals surface area contributed by atoms with Crippen LogP contribution < -0.4 is 5.32 Å². The van der Waals surface area contributed by atoms with Crippen molar-refractivity contribution in [2.45, 2.75) is 6.42 Å². The lowest BCUT2D eigenvalue weighted by Crippen LogP contribution is -2.17. The highest BCUT2D eigenvalue weighted by Gasteiger charge is 2.22. The maximum absolute atomic E-state index is 10.5. The minimum atomic E-state index is -0.380. The van der Waals surface area contributed by atoms with Gasteiger partial charge in [-0.2, -0.15) is 5.26 Å². The van der Waals surface area contributed by atoms with Crippen LogP contribution in [0.15, 0.2) is 0 Å². The van der Waals surface area contributed by atoms with Gasteiger partial charge < -0.3 is 5.32 Å². The average Bonchev–Trinajstić information content (AvgIpc) is 2.14. The molecular weight excluding hydrogens is 104 g/mol. The highest BCUT2D eigenvalue weighted by atomic mass is 16.2. The number of carbonyl (C=O) groups excluding carboxylic acids is 1. The Kier molecular flexibility index (Phi) is 1.17. The second-order valence-corrected chi connectivity index (χ2v) is 1.76. The van der Waals surface area contributed by atoms with Gasteiger partial charge in [0.25, 0.3) is 0 Å². The monoisotopic (exact) mass is 110 g/mol. The van der Waals surface area contributed by atoms with Crippen LogP contribution >= 0.6 is 0 Å². The number of amides is 1. The molecule has 0 bridgehead atoms. The van der Waals surface area contributed by atoms with Crippen molar-refractivity contribution >= 4 is 5.91 Å². The third-order valence-corrected chi connectivity index (χ3v) is 1.20. The van der Waals surface area contributed by atoms with E-state index >= 15 is 0 Å². The summed E-state index contributed by atoms with van der Waals surface area (Å²) in [6.45, 7) is 0.664. The molecule has 1 saturated heterocycles. The van der Waals surface area contributed by atoms with Crippen molar-refractivity contribution in [2.75, 3.05) is 6.54 Å². The molecule has 3 heteroatoms. The molecule has 1 atom stereocenters. The molecule has 1 heterocycles. The maximum atomic E-state index is 10.5. The van der Waals surface area contributed by atoms with Gasteiger partial charge in [0.2, 0.25) is 5.91 Å². The minimum absolute atomic E-state index is 0.118. The van der Waals surface area contributed by atoms with Crippen LogP contribution in [0.25, 0.3) is 0 Å². The summed E-state index contributed by atoms with van der Waals surface area (Å²) in [5.74, 6) is -0.498. The quantitative estimate of drug-likeness (QED) is 0.463. The van der Waals surface area contributed by atoms with Crippen LogP contribution in [0.3, 0.4) is 0 Å². The van der Waals surface area contributed by atoms with E-state index in [4.69, 9.17) is 5.26 Å². The Morgan fingerprint density at radius 1 is 1.88 bits per heavy atom. The Labute approximate surface area is 47.3 Å². The first-order valence-corrected chi connectivity index (χ1v) is 2.52. The van der Waals surface area contributed by atoms with Gasteiger partial charge in [-0.05, 0) is 6.42 Å². The number of hydrogen-bond acceptors (Lipinski definition) is 2. The van der Waals surface area contributed by atoms with Gasteiger partial charge in [-0.1, -0.05) is 0 Å². The normalized spacial score (nSPS) is 26.9. The molecule has 0 aromatic heterocycles. The van der Waals surface area contributed by atoms with Crippen LogP contribution in [0.1, 0.15) is 6.42 Å². The zero-order valence-electron chi connectivity index (χ0n) is 4.35. The first-order valence-electron chi connectivity index (χ1n) is 2.52. The molecule has 8 heavy (non-hydrogen) atoms. The fourth-order valence-electron chi connectivity index (χ4n) is 0.717. The fourth-order valence-corrected chi connectivity index (χ4v) is 0.717. The highest BCUT2D eigenvalue weighted by Crippen LogP contribution is 2.05. The predicted octanol–water partition coefficient (Wildman–Crippen LogP) is -0.354. The zero-order chi connectivity index (χ0) is 5.98. The summed E-state index contributed by atoms with van der Waals surface area (Å²) in [6, 6.07) is 1.90. The minimum Gasteiger partial charge on any atom is -0.355 e. The van der Waals surface area contributed by atoms with Gasteiger partial charge in [-0.15, -0.1) is 0 Å². The molecular formula is C5H6N2O. The van der Waals surface area contributed by atoms with Gasteiger partial charge in [0.15, 0.2) is 0 Å². The van der Waals surface area contributed by atoms with Crippen molar-refractivity contribution in [3.05, 3.63) is 0 Å². The summed E-state index contributed by atoms with van der Waals surface area (Å²) in [5.41, 5.74) is 0. The van der Waals surface area contributed by atoms with E-state index in [1.54, 1.807) is 0 Å². The summed E-state index contributed by atoms with van der Waals surface area (Å²) >= 11 is 0. The number of hydrogen-bond donors (Lipinski definition) is 1. The van der Waals surface area contributed by atoms with E-state index in [0.717, 1.165) is 0 Å². The van der Waals surface area contributed by atoms with Crippen LogP contribution in [0.2, 0.25) is 0 Å². The van der Waals surface area contributed by atoms with Crippen molar-refractivity contribution < 1.29 is 4.79 Å². The van der Waals surface area contributed by atoms with Crippen LogP contribution in [0, 0.1) is 17.2 Å². The largest absolute Gasteiger partial charge is 0.355 e. The molecule has 42 valence electrons. The van der Waals surface area contributed by atoms with E-state index in [0.29, 0.717) is 13.0 Å². The Balaban J connectivity index is 2.58. The van der Waals surface area contributed by atoms with Crippen LogP contribution in [-0.2, 0) is 4.79 Å². The van der Waals surface area contributed by atoms with Gasteiger partial charge >= 0.3 is 0 Å². The first kappa shape index (κ1) is 5.10. The lowest BCUT2D eigenvalue weighted by Gasteiger charge is -1.87. The number of rotatable bonds is 0. The molecule has 0 aliphatic carbocycles. The van der Waals surface area contributed by atoms with E-state index < -0.39 is 0 Å². The fraction of sp³-hybridized carbons (Fsp3) is 0.600. The van der Waals surface area contributed by atoms with E-state index in [1.807, 2.05) is 6.07 Å². The summed E-state index contributed by atoms with van der Waals surface area (Å²) in [5, 5.41) is 10.8. The molecule has 1 aliphatic rings. The summed E-state index contributed by atoms with van der Waals surface area (Å²) in [7, 11) is 0. The third kappa shape index (κ3) is 0.648. The second kappa shape index (κ2) is 1.83. The lowest BCUT2D eigenvalue weighted by atomic mass is 10.1. The lowest BCUT2D eigenvalue weighted by molar-refractivity contribution is -0.121. The summed E-state index contributed by atoms with van der Waals surface area (Å²) < 4.78 is 0. The van der Waals surface area contributed by atoms with Crippen LogP contribution in [0.5, 0.6) is 0 Å². The molecule has 1 N–H and O–H groups in total. The predicted molar refractivity (Wildman–Crippen MR) is 26.7 cm³/mol. The van der Waals surface area contributed by atoms with Crippen molar-refractivity contribution in [3.8, 4) is 6.07 Å². The molecule has 1 aliphatic heterocycles. The number of nitrogens with one attached hydrogen (secondary N) is 1. The Morgan fingerprint density at radius 2 is 2.62 bits per heavy atom. The van der Waals surface area contributed by atoms with E-state index in [9.17, 15) is 4.79 Å². The molecule has 1 fully saturated rings. The Hall–Kier alpha value is -1.04. The van der Waals surface area contributed by atoms with E-state index in [2.05, 4.69) is 5.32 Å². The smallest absolute Gasteiger partial charge is 0.237 e. The SMILES string of the molecule is N#CC1CCNC1=O. The topological polar surface area (TPSA) is 52.9 Å². The second-order valence-electron chi connectivity index (χ2n) is 1.76. The molecule has 1 rings (SSSR count). The number of nitriles is 1. The molecule has 1 amide bonds. The Morgan fingerprint density at radius 3 is 2.88 bits per heavy atom. The number of nitrogens with zero attached hydrogens (tertiary/aromatic N) is 1. The Bertz CT molecular complexity index is 147. The molecule has 0 aromatic carbocycles. The van der Waals surface area contributed by atoms with Crippen molar-refractivity contribution in [2.24, 2.45) is 5.92 Å². The van der Waals surface area contributed by atoms with Gasteiger partial charge in [-0.3, -0.25) is 4.79 Å².